The fourth-order valence-electron chi connectivity index (χ4n) is 3.03. The van der Waals surface area contributed by atoms with E-state index >= 15 is 0 Å². The van der Waals surface area contributed by atoms with Crippen molar-refractivity contribution in [1.82, 2.24) is 4.31 Å². The molecule has 1 N–H and O–H groups in total. The van der Waals surface area contributed by atoms with Gasteiger partial charge >= 0.3 is 0 Å². The number of hydrogen-bond donors (Lipinski definition) is 1. The van der Waals surface area contributed by atoms with Gasteiger partial charge in [0.2, 0.25) is 10.0 Å². The molecule has 0 aromatic heterocycles. The summed E-state index contributed by atoms with van der Waals surface area (Å²) >= 11 is 6.02. The Morgan fingerprint density at radius 3 is 2.26 bits per heavy atom. The van der Waals surface area contributed by atoms with Gasteiger partial charge in [0.1, 0.15) is 0 Å². The number of carbonyl (C=O) groups excluding carboxylic acids is 1. The molecule has 1 aliphatic heterocycles. The lowest BCUT2D eigenvalue weighted by Gasteiger charge is -2.34. The highest BCUT2D eigenvalue weighted by atomic mass is 35.5. The van der Waals surface area contributed by atoms with Crippen LogP contribution in [0.4, 0.5) is 5.69 Å². The summed E-state index contributed by atoms with van der Waals surface area (Å²) < 4.78 is 32.7. The molecule has 1 heterocycles. The molecule has 0 bridgehead atoms. The first-order valence-corrected chi connectivity index (χ1v) is 10.4. The molecule has 2 aromatic rings. The molecule has 27 heavy (non-hydrogen) atoms. The van der Waals surface area contributed by atoms with Gasteiger partial charge in [0, 0.05) is 18.8 Å². The van der Waals surface area contributed by atoms with Crippen molar-refractivity contribution in [3.8, 4) is 0 Å². The fraction of sp³-hybridized carbons (Fsp3) is 0.316. The number of sulfonamides is 1. The Labute approximate surface area is 164 Å². The van der Waals surface area contributed by atoms with Gasteiger partial charge < -0.3 is 10.1 Å². The van der Waals surface area contributed by atoms with Gasteiger partial charge in [-0.3, -0.25) is 4.79 Å². The van der Waals surface area contributed by atoms with Crippen LogP contribution in [-0.2, 0) is 14.8 Å². The van der Waals surface area contributed by atoms with E-state index < -0.39 is 10.0 Å². The van der Waals surface area contributed by atoms with E-state index in [4.69, 9.17) is 16.3 Å². The summed E-state index contributed by atoms with van der Waals surface area (Å²) in [5.74, 6) is -0.355. The monoisotopic (exact) mass is 408 g/mol. The van der Waals surface area contributed by atoms with Crippen LogP contribution in [-0.4, -0.2) is 43.9 Å². The molecule has 1 saturated heterocycles. The van der Waals surface area contributed by atoms with E-state index in [0.717, 1.165) is 0 Å². The predicted molar refractivity (Wildman–Crippen MR) is 105 cm³/mol. The fourth-order valence-corrected chi connectivity index (χ4v) is 4.84. The molecule has 1 fully saturated rings. The summed E-state index contributed by atoms with van der Waals surface area (Å²) in [6, 6.07) is 12.8. The van der Waals surface area contributed by atoms with Crippen LogP contribution < -0.4 is 5.32 Å². The van der Waals surface area contributed by atoms with Gasteiger partial charge in [0.15, 0.2) is 0 Å². The van der Waals surface area contributed by atoms with Crippen molar-refractivity contribution in [3.63, 3.8) is 0 Å². The smallest absolute Gasteiger partial charge is 0.257 e. The molecule has 0 saturated carbocycles. The molecule has 0 radical (unpaired) electrons. The number of anilines is 1. The van der Waals surface area contributed by atoms with Crippen LogP contribution >= 0.6 is 11.6 Å². The number of morpholine rings is 1. The van der Waals surface area contributed by atoms with Gasteiger partial charge in [-0.05, 0) is 50.2 Å². The Morgan fingerprint density at radius 1 is 1.07 bits per heavy atom. The minimum absolute atomic E-state index is 0.155. The van der Waals surface area contributed by atoms with Crippen LogP contribution in [0.2, 0.25) is 5.02 Å². The number of carbonyl (C=O) groups is 1. The van der Waals surface area contributed by atoms with Crippen molar-refractivity contribution in [1.29, 1.82) is 0 Å². The number of halogens is 1. The Balaban J connectivity index is 1.75. The van der Waals surface area contributed by atoms with Crippen molar-refractivity contribution < 1.29 is 17.9 Å². The van der Waals surface area contributed by atoms with E-state index in [9.17, 15) is 13.2 Å². The second-order valence-corrected chi connectivity index (χ2v) is 8.88. The highest BCUT2D eigenvalue weighted by molar-refractivity contribution is 7.89. The molecule has 0 aliphatic carbocycles. The van der Waals surface area contributed by atoms with Crippen molar-refractivity contribution in [2.24, 2.45) is 0 Å². The zero-order chi connectivity index (χ0) is 19.6. The minimum atomic E-state index is -3.61. The third kappa shape index (κ3) is 4.50. The van der Waals surface area contributed by atoms with Crippen LogP contribution in [0, 0.1) is 0 Å². The summed E-state index contributed by atoms with van der Waals surface area (Å²) in [7, 11) is -3.61. The third-order valence-corrected chi connectivity index (χ3v) is 6.43. The maximum absolute atomic E-state index is 12.8. The number of hydrogen-bond acceptors (Lipinski definition) is 4. The van der Waals surface area contributed by atoms with Gasteiger partial charge in [-0.15, -0.1) is 0 Å². The molecule has 3 rings (SSSR count). The van der Waals surface area contributed by atoms with E-state index in [1.165, 1.54) is 16.4 Å². The molecule has 0 spiro atoms. The molecular formula is C19H21ClN2O4S. The molecule has 1 amide bonds. The zero-order valence-corrected chi connectivity index (χ0v) is 16.6. The van der Waals surface area contributed by atoms with E-state index in [1.807, 2.05) is 13.8 Å². The lowest BCUT2D eigenvalue weighted by Crippen LogP contribution is -2.48. The lowest BCUT2D eigenvalue weighted by atomic mass is 10.2. The largest absolute Gasteiger partial charge is 0.373 e. The van der Waals surface area contributed by atoms with Crippen LogP contribution in [0.1, 0.15) is 24.2 Å². The average Bonchev–Trinajstić information content (AvgIpc) is 2.61. The molecule has 2 unspecified atom stereocenters. The Kier molecular flexibility index (Phi) is 5.86. The highest BCUT2D eigenvalue weighted by Crippen LogP contribution is 2.23. The molecule has 1 aliphatic rings. The summed E-state index contributed by atoms with van der Waals surface area (Å²) in [6.45, 7) is 4.34. The van der Waals surface area contributed by atoms with Gasteiger partial charge in [0.25, 0.3) is 5.91 Å². The first kappa shape index (κ1) is 19.8. The molecule has 8 heteroatoms. The first-order chi connectivity index (χ1) is 12.8. The van der Waals surface area contributed by atoms with Crippen molar-refractivity contribution in [2.45, 2.75) is 31.0 Å². The van der Waals surface area contributed by atoms with Gasteiger partial charge in [-0.25, -0.2) is 8.42 Å². The number of amides is 1. The maximum atomic E-state index is 12.8. The SMILES string of the molecule is CC1CN(S(=O)(=O)c2ccc(NC(=O)c3ccccc3Cl)cc2)CC(C)O1. The van der Waals surface area contributed by atoms with Gasteiger partial charge in [0.05, 0.1) is 27.7 Å². The summed E-state index contributed by atoms with van der Waals surface area (Å²) in [4.78, 5) is 12.5. The van der Waals surface area contributed by atoms with Crippen molar-refractivity contribution >= 4 is 33.2 Å². The van der Waals surface area contributed by atoms with Crippen LogP contribution in [0.25, 0.3) is 0 Å². The summed E-state index contributed by atoms with van der Waals surface area (Å²) in [5.41, 5.74) is 0.842. The summed E-state index contributed by atoms with van der Waals surface area (Å²) in [6.07, 6.45) is -0.310. The number of ether oxygens (including phenoxy) is 1. The number of nitrogens with one attached hydrogen (secondary N) is 1. The average molecular weight is 409 g/mol. The normalized spacial score (nSPS) is 21.0. The minimum Gasteiger partial charge on any atom is -0.373 e. The number of rotatable bonds is 4. The molecular weight excluding hydrogens is 388 g/mol. The Bertz CT molecular complexity index is 921. The van der Waals surface area contributed by atoms with Crippen molar-refractivity contribution in [3.05, 3.63) is 59.1 Å². The van der Waals surface area contributed by atoms with E-state index in [-0.39, 0.29) is 23.0 Å². The second kappa shape index (κ2) is 7.98. The first-order valence-electron chi connectivity index (χ1n) is 8.59. The van der Waals surface area contributed by atoms with Gasteiger partial charge in [-0.1, -0.05) is 23.7 Å². The zero-order valence-electron chi connectivity index (χ0n) is 15.1. The third-order valence-electron chi connectivity index (χ3n) is 4.25. The van der Waals surface area contributed by atoms with Crippen LogP contribution in [0.5, 0.6) is 0 Å². The quantitative estimate of drug-likeness (QED) is 0.841. The number of nitrogens with zero attached hydrogens (tertiary/aromatic N) is 1. The molecule has 6 nitrogen and oxygen atoms in total. The van der Waals surface area contributed by atoms with Gasteiger partial charge in [-0.2, -0.15) is 4.31 Å². The maximum Gasteiger partial charge on any atom is 0.257 e. The standard InChI is InChI=1S/C19H21ClN2O4S/c1-13-11-22(12-14(2)26-13)27(24,25)16-9-7-15(8-10-16)21-19(23)17-5-3-4-6-18(17)20/h3-10,13-14H,11-12H2,1-2H3,(H,21,23). The summed E-state index contributed by atoms with van der Waals surface area (Å²) in [5, 5.41) is 3.07. The van der Waals surface area contributed by atoms with E-state index in [2.05, 4.69) is 5.32 Å². The Morgan fingerprint density at radius 2 is 1.67 bits per heavy atom. The Hall–Kier alpha value is -1.93. The van der Waals surface area contributed by atoms with Crippen molar-refractivity contribution in [2.75, 3.05) is 18.4 Å². The van der Waals surface area contributed by atoms with E-state index in [1.54, 1.807) is 36.4 Å². The molecule has 144 valence electrons. The molecule has 2 aromatic carbocycles. The van der Waals surface area contributed by atoms with Crippen LogP contribution in [0.3, 0.4) is 0 Å². The van der Waals surface area contributed by atoms with E-state index in [0.29, 0.717) is 29.4 Å². The van der Waals surface area contributed by atoms with Crippen LogP contribution in [0.15, 0.2) is 53.4 Å². The highest BCUT2D eigenvalue weighted by Gasteiger charge is 2.32. The number of benzene rings is 2. The topological polar surface area (TPSA) is 75.7 Å². The second-order valence-electron chi connectivity index (χ2n) is 6.54. The predicted octanol–water partition coefficient (Wildman–Crippen LogP) is 3.39. The molecule has 2 atom stereocenters. The lowest BCUT2D eigenvalue weighted by molar-refractivity contribution is -0.0440.